The summed E-state index contributed by atoms with van der Waals surface area (Å²) in [6.45, 7) is 1.53. The largest absolute Gasteiger partial charge is 0.478 e. The van der Waals surface area contributed by atoms with Crippen molar-refractivity contribution in [3.8, 4) is 5.88 Å². The van der Waals surface area contributed by atoms with Crippen molar-refractivity contribution in [2.45, 2.75) is 62.7 Å². The molecule has 0 unspecified atom stereocenters. The number of amides is 1. The topological polar surface area (TPSA) is 109 Å². The van der Waals surface area contributed by atoms with Crippen molar-refractivity contribution in [3.05, 3.63) is 65.6 Å². The number of alkyl carbamates (subject to hydrolysis) is 1. The first-order valence-electron chi connectivity index (χ1n) is 12.9. The highest BCUT2D eigenvalue weighted by atomic mass is 19.1. The number of hydrogen-bond donors (Lipinski definition) is 2. The van der Waals surface area contributed by atoms with Gasteiger partial charge < -0.3 is 25.3 Å². The summed E-state index contributed by atoms with van der Waals surface area (Å²) in [5, 5.41) is 2.71. The predicted octanol–water partition coefficient (Wildman–Crippen LogP) is 4.44. The number of benzene rings is 1. The minimum atomic E-state index is -0.476. The fourth-order valence-corrected chi connectivity index (χ4v) is 5.07. The lowest BCUT2D eigenvalue weighted by Gasteiger charge is -2.51. The normalized spacial score (nSPS) is 22.6. The third-order valence-electron chi connectivity index (χ3n) is 7.45. The molecule has 3 aromatic rings. The third-order valence-corrected chi connectivity index (χ3v) is 7.45. The van der Waals surface area contributed by atoms with Gasteiger partial charge in [-0.25, -0.2) is 14.2 Å². The van der Waals surface area contributed by atoms with Crippen molar-refractivity contribution in [3.63, 3.8) is 0 Å². The molecule has 1 aliphatic carbocycles. The summed E-state index contributed by atoms with van der Waals surface area (Å²) in [7, 11) is 0. The van der Waals surface area contributed by atoms with E-state index in [9.17, 15) is 9.18 Å². The number of aromatic nitrogens is 2. The summed E-state index contributed by atoms with van der Waals surface area (Å²) in [4.78, 5) is 20.6. The molecule has 3 N–H and O–H groups in total. The highest BCUT2D eigenvalue weighted by Gasteiger charge is 2.47. The van der Waals surface area contributed by atoms with Crippen LogP contribution >= 0.6 is 0 Å². The Morgan fingerprint density at radius 2 is 1.95 bits per heavy atom. The summed E-state index contributed by atoms with van der Waals surface area (Å²) < 4.78 is 32.0. The Kier molecular flexibility index (Phi) is 7.53. The Hall–Kier alpha value is -3.30. The van der Waals surface area contributed by atoms with Crippen LogP contribution in [-0.4, -0.2) is 47.0 Å². The van der Waals surface area contributed by atoms with Crippen LogP contribution in [0.5, 0.6) is 5.88 Å². The van der Waals surface area contributed by atoms with Gasteiger partial charge in [0.05, 0.1) is 36.0 Å². The lowest BCUT2D eigenvalue weighted by atomic mass is 9.70. The van der Waals surface area contributed by atoms with Crippen LogP contribution < -0.4 is 15.8 Å². The van der Waals surface area contributed by atoms with Crippen LogP contribution in [0.4, 0.5) is 9.18 Å². The van der Waals surface area contributed by atoms with E-state index in [-0.39, 0.29) is 23.6 Å². The summed E-state index contributed by atoms with van der Waals surface area (Å²) >= 11 is 0. The van der Waals surface area contributed by atoms with Crippen LogP contribution in [0.1, 0.15) is 49.7 Å². The zero-order chi connectivity index (χ0) is 25.7. The number of halogens is 1. The number of carbonyl (C=O) groups excluding carboxylic acids is 1. The summed E-state index contributed by atoms with van der Waals surface area (Å²) in [6.07, 6.45) is 6.28. The second-order valence-corrected chi connectivity index (χ2v) is 10.1. The molecule has 4 heterocycles. The van der Waals surface area contributed by atoms with Crippen LogP contribution in [-0.2, 0) is 22.5 Å². The molecule has 8 nitrogen and oxygen atoms in total. The highest BCUT2D eigenvalue weighted by molar-refractivity contribution is 5.78. The molecule has 2 bridgehead atoms. The molecule has 6 rings (SSSR count). The maximum absolute atomic E-state index is 14.8. The Morgan fingerprint density at radius 1 is 1.14 bits per heavy atom. The van der Waals surface area contributed by atoms with Gasteiger partial charge >= 0.3 is 6.09 Å². The monoisotopic (exact) mass is 508 g/mol. The predicted molar refractivity (Wildman–Crippen MR) is 137 cm³/mol. The van der Waals surface area contributed by atoms with E-state index < -0.39 is 6.09 Å². The van der Waals surface area contributed by atoms with E-state index in [1.54, 1.807) is 12.1 Å². The first kappa shape index (κ1) is 25.4. The molecule has 3 fully saturated rings. The number of rotatable bonds is 10. The van der Waals surface area contributed by atoms with Gasteiger partial charge in [-0.05, 0) is 56.6 Å². The smallest absolute Gasteiger partial charge is 0.407 e. The molecule has 0 atom stereocenters. The average Bonchev–Trinajstić information content (AvgIpc) is 2.92. The number of carbonyl (C=O) groups is 1. The van der Waals surface area contributed by atoms with Gasteiger partial charge in [-0.2, -0.15) is 0 Å². The van der Waals surface area contributed by atoms with Crippen LogP contribution in [0.2, 0.25) is 0 Å². The van der Waals surface area contributed by atoms with Gasteiger partial charge in [-0.3, -0.25) is 4.98 Å². The van der Waals surface area contributed by atoms with Gasteiger partial charge in [0.15, 0.2) is 0 Å². The number of fused-ring (bicyclic) bond motifs is 4. The minimum absolute atomic E-state index is 0.192. The molecule has 0 radical (unpaired) electrons. The van der Waals surface area contributed by atoms with Crippen LogP contribution in [0.15, 0.2) is 48.7 Å². The maximum Gasteiger partial charge on any atom is 0.407 e. The second kappa shape index (κ2) is 11.0. The molecular weight excluding hydrogens is 475 g/mol. The van der Waals surface area contributed by atoms with Crippen molar-refractivity contribution in [2.24, 2.45) is 5.73 Å². The first-order valence-corrected chi connectivity index (χ1v) is 12.9. The molecule has 2 saturated heterocycles. The Bertz CT molecular complexity index is 1220. The van der Waals surface area contributed by atoms with Crippen molar-refractivity contribution >= 4 is 17.1 Å². The fourth-order valence-electron chi connectivity index (χ4n) is 5.07. The van der Waals surface area contributed by atoms with Gasteiger partial charge in [0, 0.05) is 23.7 Å². The van der Waals surface area contributed by atoms with E-state index in [4.69, 9.17) is 19.9 Å². The van der Waals surface area contributed by atoms with Gasteiger partial charge in [-0.1, -0.05) is 30.3 Å². The highest BCUT2D eigenvalue weighted by Crippen LogP contribution is 2.45. The van der Waals surface area contributed by atoms with Gasteiger partial charge in [0.25, 0.3) is 0 Å². The zero-order valence-electron chi connectivity index (χ0n) is 20.9. The van der Waals surface area contributed by atoms with Crippen LogP contribution in [0.25, 0.3) is 11.0 Å². The molecule has 37 heavy (non-hydrogen) atoms. The van der Waals surface area contributed by atoms with E-state index >= 15 is 0 Å². The standard InChI is InChI=1S/C28H33FN4O4/c29-22-17-32-23-7-8-24(35-16-4-15-31-26(34)36-18-20-5-2-1-3-6-20)33-25(23)21(22)9-10-28-13-11-27(30,12-14-28)19-37-28/h1-3,5-8,17H,4,9-16,18-19,30H2,(H,31,34). The number of nitrogens with zero attached hydrogens (tertiary/aromatic N) is 2. The fraction of sp³-hybridized carbons (Fsp3) is 0.464. The van der Waals surface area contributed by atoms with Gasteiger partial charge in [-0.15, -0.1) is 0 Å². The molecule has 1 amide bonds. The molecule has 1 saturated carbocycles. The number of aryl methyl sites for hydroxylation is 1. The molecule has 9 heteroatoms. The van der Waals surface area contributed by atoms with Crippen LogP contribution in [0, 0.1) is 5.82 Å². The Balaban J connectivity index is 1.12. The molecule has 3 aliphatic rings. The maximum atomic E-state index is 14.8. The van der Waals surface area contributed by atoms with Gasteiger partial charge in [0.1, 0.15) is 12.4 Å². The number of hydrogen-bond acceptors (Lipinski definition) is 7. The third kappa shape index (κ3) is 6.17. The molecule has 196 valence electrons. The number of ether oxygens (including phenoxy) is 3. The van der Waals surface area contributed by atoms with Crippen molar-refractivity contribution in [2.75, 3.05) is 19.8 Å². The van der Waals surface area contributed by atoms with E-state index in [1.807, 2.05) is 30.3 Å². The molecule has 0 spiro atoms. The minimum Gasteiger partial charge on any atom is -0.478 e. The zero-order valence-corrected chi connectivity index (χ0v) is 20.9. The van der Waals surface area contributed by atoms with E-state index in [1.165, 1.54) is 6.20 Å². The second-order valence-electron chi connectivity index (χ2n) is 10.1. The van der Waals surface area contributed by atoms with E-state index in [0.717, 1.165) is 37.7 Å². The van der Waals surface area contributed by atoms with E-state index in [0.29, 0.717) is 55.1 Å². The lowest BCUT2D eigenvalue weighted by molar-refractivity contribution is -0.156. The van der Waals surface area contributed by atoms with Gasteiger partial charge in [0.2, 0.25) is 5.88 Å². The summed E-state index contributed by atoms with van der Waals surface area (Å²) in [6, 6.07) is 13.0. The summed E-state index contributed by atoms with van der Waals surface area (Å²) in [5.41, 5.74) is 8.52. The molecule has 2 aliphatic heterocycles. The average molecular weight is 509 g/mol. The van der Waals surface area contributed by atoms with Crippen molar-refractivity contribution in [1.82, 2.24) is 15.3 Å². The lowest BCUT2D eigenvalue weighted by Crippen LogP contribution is -2.59. The summed E-state index contributed by atoms with van der Waals surface area (Å²) in [5.74, 6) is 0.0250. The van der Waals surface area contributed by atoms with Crippen molar-refractivity contribution in [1.29, 1.82) is 0 Å². The molecule has 2 aromatic heterocycles. The Labute approximate surface area is 215 Å². The van der Waals surface area contributed by atoms with E-state index in [2.05, 4.69) is 15.3 Å². The number of nitrogens with one attached hydrogen (secondary N) is 1. The van der Waals surface area contributed by atoms with Crippen molar-refractivity contribution < 1.29 is 23.4 Å². The quantitative estimate of drug-likeness (QED) is 0.390. The number of nitrogens with two attached hydrogens (primary N) is 1. The SMILES string of the molecule is NC12CCC(CCc3c(F)cnc4ccc(OCCCNC(=O)OCc5ccccc5)nc34)(CC1)OC2. The molecular formula is C28H33FN4O4. The molecule has 1 aromatic carbocycles. The van der Waals surface area contributed by atoms with Crippen LogP contribution in [0.3, 0.4) is 0 Å². The first-order chi connectivity index (χ1) is 17.9. The Morgan fingerprint density at radius 3 is 2.70 bits per heavy atom. The number of pyridine rings is 2.